The standard InChI is InChI=1S/C17H22ClN3O3/c18-13-7-8-16(21(23)24)14(10-13)19-17(22)11-20-9-3-5-12-4-1-2-6-15(12)20/h7-8,10,12,15H,1-6,9,11H2,(H,19,22)/p+1/t12-,15+/m1/s1. The lowest BCUT2D eigenvalue weighted by Crippen LogP contribution is -3.18. The second-order valence-corrected chi connectivity index (χ2v) is 7.28. The number of likely N-dealkylation sites (tertiary alicyclic amines) is 1. The third-order valence-corrected chi connectivity index (χ3v) is 5.56. The molecule has 0 radical (unpaired) electrons. The minimum Gasteiger partial charge on any atom is -0.324 e. The highest BCUT2D eigenvalue weighted by atomic mass is 35.5. The van der Waals surface area contributed by atoms with Crippen LogP contribution in [0.4, 0.5) is 11.4 Å². The Labute approximate surface area is 146 Å². The lowest BCUT2D eigenvalue weighted by Gasteiger charge is -2.40. The quantitative estimate of drug-likeness (QED) is 0.645. The molecule has 24 heavy (non-hydrogen) atoms. The molecule has 1 aliphatic carbocycles. The number of fused-ring (bicyclic) bond motifs is 1. The van der Waals surface area contributed by atoms with Gasteiger partial charge in [0.25, 0.3) is 11.6 Å². The number of piperidine rings is 1. The van der Waals surface area contributed by atoms with E-state index in [9.17, 15) is 14.9 Å². The summed E-state index contributed by atoms with van der Waals surface area (Å²) < 4.78 is 0. The molecule has 3 rings (SSSR count). The van der Waals surface area contributed by atoms with Crippen molar-refractivity contribution in [1.82, 2.24) is 0 Å². The average Bonchev–Trinajstić information content (AvgIpc) is 2.55. The second-order valence-electron chi connectivity index (χ2n) is 6.85. The Morgan fingerprint density at radius 3 is 2.83 bits per heavy atom. The summed E-state index contributed by atoms with van der Waals surface area (Å²) in [5.41, 5.74) is 0.0473. The van der Waals surface area contributed by atoms with E-state index in [1.54, 1.807) is 0 Å². The van der Waals surface area contributed by atoms with Crippen LogP contribution >= 0.6 is 11.6 Å². The van der Waals surface area contributed by atoms with Crippen molar-refractivity contribution in [2.75, 3.05) is 18.4 Å². The molecule has 3 atom stereocenters. The largest absolute Gasteiger partial charge is 0.324 e. The lowest BCUT2D eigenvalue weighted by molar-refractivity contribution is -0.928. The maximum absolute atomic E-state index is 12.4. The van der Waals surface area contributed by atoms with E-state index in [4.69, 9.17) is 11.6 Å². The maximum atomic E-state index is 12.4. The minimum absolute atomic E-state index is 0.128. The van der Waals surface area contributed by atoms with Gasteiger partial charge in [-0.15, -0.1) is 0 Å². The SMILES string of the molecule is O=C(C[NH+]1CCC[C@H]2CCCC[C@@H]21)Nc1cc(Cl)ccc1[N+](=O)[O-]. The summed E-state index contributed by atoms with van der Waals surface area (Å²) in [5.74, 6) is 0.553. The fourth-order valence-electron chi connectivity index (χ4n) is 4.26. The van der Waals surface area contributed by atoms with E-state index in [2.05, 4.69) is 5.32 Å². The van der Waals surface area contributed by atoms with Gasteiger partial charge < -0.3 is 10.2 Å². The summed E-state index contributed by atoms with van der Waals surface area (Å²) in [7, 11) is 0. The summed E-state index contributed by atoms with van der Waals surface area (Å²) in [4.78, 5) is 24.4. The topological polar surface area (TPSA) is 76.7 Å². The van der Waals surface area contributed by atoms with Crippen molar-refractivity contribution in [3.8, 4) is 0 Å². The Hall–Kier alpha value is -1.66. The number of nitro groups is 1. The Balaban J connectivity index is 1.67. The molecule has 1 aromatic rings. The first-order valence-corrected chi connectivity index (χ1v) is 9.01. The molecule has 1 saturated heterocycles. The lowest BCUT2D eigenvalue weighted by atomic mass is 9.78. The first kappa shape index (κ1) is 17.2. The summed E-state index contributed by atoms with van der Waals surface area (Å²) in [5, 5.41) is 14.2. The number of benzene rings is 1. The molecule has 2 aliphatic rings. The van der Waals surface area contributed by atoms with E-state index in [0.29, 0.717) is 17.6 Å². The Kier molecular flexibility index (Phi) is 5.36. The molecular weight excluding hydrogens is 330 g/mol. The van der Waals surface area contributed by atoms with Crippen molar-refractivity contribution in [3.05, 3.63) is 33.3 Å². The van der Waals surface area contributed by atoms with E-state index in [1.165, 1.54) is 55.2 Å². The highest BCUT2D eigenvalue weighted by Crippen LogP contribution is 2.29. The number of carbonyl (C=O) groups is 1. The summed E-state index contributed by atoms with van der Waals surface area (Å²) >= 11 is 5.91. The number of hydrogen-bond donors (Lipinski definition) is 2. The zero-order chi connectivity index (χ0) is 17.1. The Morgan fingerprint density at radius 1 is 1.29 bits per heavy atom. The number of nitrogens with one attached hydrogen (secondary N) is 2. The number of nitro benzene ring substituents is 1. The monoisotopic (exact) mass is 352 g/mol. The van der Waals surface area contributed by atoms with Crippen molar-refractivity contribution < 1.29 is 14.6 Å². The Bertz CT molecular complexity index is 636. The molecule has 1 unspecified atom stereocenters. The molecule has 0 aromatic heterocycles. The molecule has 1 aliphatic heterocycles. The van der Waals surface area contributed by atoms with Crippen molar-refractivity contribution in [2.45, 2.75) is 44.6 Å². The van der Waals surface area contributed by atoms with E-state index in [-0.39, 0.29) is 17.3 Å². The first-order chi connectivity index (χ1) is 11.5. The van der Waals surface area contributed by atoms with Gasteiger partial charge in [-0.1, -0.05) is 18.0 Å². The summed E-state index contributed by atoms with van der Waals surface area (Å²) in [6.07, 6.45) is 7.43. The van der Waals surface area contributed by atoms with E-state index in [1.807, 2.05) is 0 Å². The smallest absolute Gasteiger partial charge is 0.292 e. The van der Waals surface area contributed by atoms with Gasteiger partial charge in [-0.2, -0.15) is 0 Å². The van der Waals surface area contributed by atoms with Crippen LogP contribution in [-0.4, -0.2) is 30.0 Å². The van der Waals surface area contributed by atoms with Gasteiger partial charge in [-0.25, -0.2) is 0 Å². The van der Waals surface area contributed by atoms with Crippen LogP contribution in [-0.2, 0) is 4.79 Å². The van der Waals surface area contributed by atoms with Crippen LogP contribution < -0.4 is 10.2 Å². The zero-order valence-corrected chi connectivity index (χ0v) is 14.3. The molecule has 1 amide bonds. The van der Waals surface area contributed by atoms with Crippen LogP contribution in [0.15, 0.2) is 18.2 Å². The molecule has 2 fully saturated rings. The van der Waals surface area contributed by atoms with Crippen molar-refractivity contribution in [3.63, 3.8) is 0 Å². The Morgan fingerprint density at radius 2 is 2.04 bits per heavy atom. The summed E-state index contributed by atoms with van der Waals surface area (Å²) in [6, 6.07) is 4.78. The van der Waals surface area contributed by atoms with Crippen LogP contribution in [0.1, 0.15) is 38.5 Å². The van der Waals surface area contributed by atoms with Gasteiger partial charge in [0, 0.05) is 17.0 Å². The first-order valence-electron chi connectivity index (χ1n) is 8.63. The molecule has 0 spiro atoms. The van der Waals surface area contributed by atoms with Gasteiger partial charge in [0.1, 0.15) is 5.69 Å². The number of anilines is 1. The van der Waals surface area contributed by atoms with Crippen LogP contribution in [0.2, 0.25) is 5.02 Å². The van der Waals surface area contributed by atoms with Gasteiger partial charge in [-0.3, -0.25) is 14.9 Å². The van der Waals surface area contributed by atoms with Gasteiger partial charge in [0.05, 0.1) is 17.5 Å². The predicted octanol–water partition coefficient (Wildman–Crippen LogP) is 2.42. The molecule has 0 bridgehead atoms. The van der Waals surface area contributed by atoms with Crippen LogP contribution in [0, 0.1) is 16.0 Å². The molecule has 6 nitrogen and oxygen atoms in total. The van der Waals surface area contributed by atoms with Gasteiger partial charge in [0.2, 0.25) is 0 Å². The summed E-state index contributed by atoms with van der Waals surface area (Å²) in [6.45, 7) is 1.37. The number of amides is 1. The number of rotatable bonds is 4. The maximum Gasteiger partial charge on any atom is 0.292 e. The van der Waals surface area contributed by atoms with E-state index < -0.39 is 4.92 Å². The molecule has 130 valence electrons. The molecular formula is C17H23ClN3O3+. The number of hydrogen-bond acceptors (Lipinski definition) is 3. The van der Waals surface area contributed by atoms with E-state index in [0.717, 1.165) is 18.9 Å². The minimum atomic E-state index is -0.503. The highest BCUT2D eigenvalue weighted by Gasteiger charge is 2.37. The fourth-order valence-corrected chi connectivity index (χ4v) is 4.43. The van der Waals surface area contributed by atoms with Gasteiger partial charge in [-0.05, 0) is 44.2 Å². The number of quaternary nitrogens is 1. The molecule has 1 saturated carbocycles. The number of halogens is 1. The zero-order valence-electron chi connectivity index (χ0n) is 13.6. The van der Waals surface area contributed by atoms with E-state index >= 15 is 0 Å². The predicted molar refractivity (Wildman–Crippen MR) is 92.4 cm³/mol. The fraction of sp³-hybridized carbons (Fsp3) is 0.588. The van der Waals surface area contributed by atoms with Crippen molar-refractivity contribution in [2.24, 2.45) is 5.92 Å². The van der Waals surface area contributed by atoms with Crippen molar-refractivity contribution >= 4 is 28.9 Å². The molecule has 1 aromatic carbocycles. The van der Waals surface area contributed by atoms with Crippen LogP contribution in [0.3, 0.4) is 0 Å². The molecule has 1 heterocycles. The van der Waals surface area contributed by atoms with Crippen molar-refractivity contribution in [1.29, 1.82) is 0 Å². The molecule has 7 heteroatoms. The second kappa shape index (κ2) is 7.49. The number of carbonyl (C=O) groups excluding carboxylic acids is 1. The number of nitrogens with zero attached hydrogens (tertiary/aromatic N) is 1. The third-order valence-electron chi connectivity index (χ3n) is 5.32. The van der Waals surface area contributed by atoms with Crippen LogP contribution in [0.5, 0.6) is 0 Å². The highest BCUT2D eigenvalue weighted by molar-refractivity contribution is 6.31. The van der Waals surface area contributed by atoms with Crippen LogP contribution in [0.25, 0.3) is 0 Å². The van der Waals surface area contributed by atoms with Gasteiger partial charge >= 0.3 is 0 Å². The van der Waals surface area contributed by atoms with Gasteiger partial charge in [0.15, 0.2) is 6.54 Å². The average molecular weight is 353 g/mol. The normalized spacial score (nSPS) is 26.5. The third kappa shape index (κ3) is 3.87. The molecule has 2 N–H and O–H groups in total.